The first-order chi connectivity index (χ1) is 16.5. The molecule has 2 saturated heterocycles. The van der Waals surface area contributed by atoms with Gasteiger partial charge in [0.15, 0.2) is 5.16 Å². The van der Waals surface area contributed by atoms with Crippen molar-refractivity contribution in [1.82, 2.24) is 24.6 Å². The molecule has 10 heteroatoms. The third-order valence-corrected chi connectivity index (χ3v) is 7.29. The summed E-state index contributed by atoms with van der Waals surface area (Å²) in [6, 6.07) is 8.59. The third-order valence-electron chi connectivity index (χ3n) is 6.34. The minimum atomic E-state index is -0.363. The fourth-order valence-corrected chi connectivity index (χ4v) is 5.33. The van der Waals surface area contributed by atoms with Gasteiger partial charge >= 0.3 is 0 Å². The van der Waals surface area contributed by atoms with Gasteiger partial charge in [0.1, 0.15) is 5.82 Å². The Hall–Kier alpha value is -2.43. The molecule has 1 atom stereocenters. The molecule has 0 aliphatic carbocycles. The van der Waals surface area contributed by atoms with Crippen LogP contribution < -0.4 is 5.73 Å². The first-order valence-corrected chi connectivity index (χ1v) is 13.0. The fourth-order valence-electron chi connectivity index (χ4n) is 4.46. The average Bonchev–Trinajstić information content (AvgIpc) is 3.47. The molecule has 4 rings (SSSR count). The number of rotatable bonds is 10. The van der Waals surface area contributed by atoms with E-state index in [0.29, 0.717) is 29.7 Å². The van der Waals surface area contributed by atoms with Crippen LogP contribution in [0.5, 0.6) is 0 Å². The minimum Gasteiger partial charge on any atom is -0.376 e. The largest absolute Gasteiger partial charge is 0.376 e. The van der Waals surface area contributed by atoms with Crippen LogP contribution in [0.4, 0.5) is 0 Å². The molecule has 2 aliphatic rings. The summed E-state index contributed by atoms with van der Waals surface area (Å²) in [6.07, 6.45) is 2.80. The molecule has 9 nitrogen and oxygen atoms in total. The Morgan fingerprint density at radius 3 is 2.74 bits per heavy atom. The maximum atomic E-state index is 12.9. The number of benzene rings is 1. The monoisotopic (exact) mass is 486 g/mol. The van der Waals surface area contributed by atoms with Crippen LogP contribution >= 0.6 is 11.8 Å². The number of nitrogens with two attached hydrogens (primary N) is 1. The second-order valence-corrected chi connectivity index (χ2v) is 9.99. The Balaban J connectivity index is 1.29. The number of hydrogen-bond donors (Lipinski definition) is 1. The summed E-state index contributed by atoms with van der Waals surface area (Å²) in [4.78, 5) is 28.5. The third kappa shape index (κ3) is 6.80. The molecule has 0 radical (unpaired) electrons. The number of carbonyl (C=O) groups is 2. The standard InChI is InChI=1S/C24H34N6O3S/c1-18-4-2-5-19(14-18)15-28-9-11-29(12-10-28)23(32)17-34-24-27-26-22(8-7-21(25)31)30(24)16-20-6-3-13-33-20/h2,4-5,14,20H,3,6-13,15-17H2,1H3,(H2,25,31). The molecule has 0 spiro atoms. The van der Waals surface area contributed by atoms with Crippen LogP contribution in [0.1, 0.15) is 36.2 Å². The van der Waals surface area contributed by atoms with Gasteiger partial charge in [0.05, 0.1) is 18.4 Å². The maximum Gasteiger partial charge on any atom is 0.233 e. The molecule has 2 aromatic rings. The van der Waals surface area contributed by atoms with Crippen molar-refractivity contribution in [3.63, 3.8) is 0 Å². The summed E-state index contributed by atoms with van der Waals surface area (Å²) in [5.41, 5.74) is 7.91. The van der Waals surface area contributed by atoms with E-state index >= 15 is 0 Å². The van der Waals surface area contributed by atoms with E-state index < -0.39 is 0 Å². The highest BCUT2D eigenvalue weighted by atomic mass is 32.2. The lowest BCUT2D eigenvalue weighted by molar-refractivity contribution is -0.130. The van der Waals surface area contributed by atoms with Crippen LogP contribution in [0.3, 0.4) is 0 Å². The Labute approximate surface area is 205 Å². The number of aromatic nitrogens is 3. The predicted octanol–water partition coefficient (Wildman–Crippen LogP) is 1.62. The molecule has 0 bridgehead atoms. The zero-order chi connectivity index (χ0) is 23.9. The number of ether oxygens (including phenoxy) is 1. The van der Waals surface area contributed by atoms with E-state index in [-0.39, 0.29) is 24.3 Å². The van der Waals surface area contributed by atoms with Gasteiger partial charge in [-0.3, -0.25) is 14.5 Å². The molecule has 2 fully saturated rings. The van der Waals surface area contributed by atoms with E-state index in [1.165, 1.54) is 22.9 Å². The fraction of sp³-hybridized carbons (Fsp3) is 0.583. The van der Waals surface area contributed by atoms with Crippen molar-refractivity contribution in [3.8, 4) is 0 Å². The summed E-state index contributed by atoms with van der Waals surface area (Å²) in [5, 5.41) is 9.28. The van der Waals surface area contributed by atoms with Crippen molar-refractivity contribution in [1.29, 1.82) is 0 Å². The van der Waals surface area contributed by atoms with Crippen molar-refractivity contribution >= 4 is 23.6 Å². The summed E-state index contributed by atoms with van der Waals surface area (Å²) in [6.45, 7) is 7.64. The first kappa shape index (κ1) is 24.7. The van der Waals surface area contributed by atoms with E-state index in [1.807, 2.05) is 9.47 Å². The van der Waals surface area contributed by atoms with Crippen LogP contribution in [0.15, 0.2) is 29.4 Å². The van der Waals surface area contributed by atoms with Crippen molar-refractivity contribution in [2.75, 3.05) is 38.5 Å². The van der Waals surface area contributed by atoms with Crippen LogP contribution in [-0.4, -0.2) is 81.0 Å². The molecular formula is C24H34N6O3S. The van der Waals surface area contributed by atoms with Crippen LogP contribution in [0, 0.1) is 6.92 Å². The molecule has 3 heterocycles. The SMILES string of the molecule is Cc1cccc(CN2CCN(C(=O)CSc3nnc(CCC(N)=O)n3CC3CCCO3)CC2)c1. The van der Waals surface area contributed by atoms with Gasteiger partial charge < -0.3 is 19.9 Å². The highest BCUT2D eigenvalue weighted by Gasteiger charge is 2.24. The van der Waals surface area contributed by atoms with Crippen LogP contribution in [-0.2, 0) is 33.8 Å². The normalized spacial score (nSPS) is 19.0. The molecule has 0 saturated carbocycles. The molecular weight excluding hydrogens is 452 g/mol. The second kappa shape index (κ2) is 11.8. The lowest BCUT2D eigenvalue weighted by Crippen LogP contribution is -2.48. The molecule has 184 valence electrons. The van der Waals surface area contributed by atoms with Crippen molar-refractivity contribution in [3.05, 3.63) is 41.2 Å². The van der Waals surface area contributed by atoms with Crippen LogP contribution in [0.25, 0.3) is 0 Å². The van der Waals surface area contributed by atoms with E-state index in [0.717, 1.165) is 52.2 Å². The minimum absolute atomic E-state index is 0.111. The Morgan fingerprint density at radius 2 is 2.03 bits per heavy atom. The molecule has 2 amide bonds. The van der Waals surface area contributed by atoms with Crippen LogP contribution in [0.2, 0.25) is 0 Å². The Kier molecular flexibility index (Phi) is 8.58. The number of nitrogens with zero attached hydrogens (tertiary/aromatic N) is 5. The summed E-state index contributed by atoms with van der Waals surface area (Å²) >= 11 is 1.41. The predicted molar refractivity (Wildman–Crippen MR) is 130 cm³/mol. The van der Waals surface area contributed by atoms with Gasteiger partial charge in [-0.15, -0.1) is 10.2 Å². The molecule has 1 aromatic heterocycles. The number of primary amides is 1. The Morgan fingerprint density at radius 1 is 1.21 bits per heavy atom. The summed E-state index contributed by atoms with van der Waals surface area (Å²) < 4.78 is 7.78. The topological polar surface area (TPSA) is 107 Å². The van der Waals surface area contributed by atoms with Crippen molar-refractivity contribution in [2.24, 2.45) is 5.73 Å². The Bertz CT molecular complexity index is 983. The molecule has 1 aromatic carbocycles. The number of thioether (sulfide) groups is 1. The van der Waals surface area contributed by atoms with Gasteiger partial charge in [-0.1, -0.05) is 41.6 Å². The zero-order valence-electron chi connectivity index (χ0n) is 19.8. The molecule has 2 N–H and O–H groups in total. The summed E-state index contributed by atoms with van der Waals surface area (Å²) in [5.74, 6) is 0.786. The number of amides is 2. The van der Waals surface area contributed by atoms with Gasteiger partial charge in [-0.2, -0.15) is 0 Å². The van der Waals surface area contributed by atoms with Gasteiger partial charge in [-0.25, -0.2) is 0 Å². The molecule has 34 heavy (non-hydrogen) atoms. The van der Waals surface area contributed by atoms with Gasteiger partial charge in [-0.05, 0) is 25.3 Å². The quantitative estimate of drug-likeness (QED) is 0.509. The maximum absolute atomic E-state index is 12.9. The number of piperazine rings is 1. The zero-order valence-corrected chi connectivity index (χ0v) is 20.6. The highest BCUT2D eigenvalue weighted by Crippen LogP contribution is 2.23. The lowest BCUT2D eigenvalue weighted by atomic mass is 10.1. The molecule has 1 unspecified atom stereocenters. The van der Waals surface area contributed by atoms with E-state index in [4.69, 9.17) is 10.5 Å². The van der Waals surface area contributed by atoms with Gasteiger partial charge in [0.2, 0.25) is 11.8 Å². The number of aryl methyl sites for hydroxylation is 2. The number of carbonyl (C=O) groups excluding carboxylic acids is 2. The highest BCUT2D eigenvalue weighted by molar-refractivity contribution is 7.99. The smallest absolute Gasteiger partial charge is 0.233 e. The first-order valence-electron chi connectivity index (χ1n) is 12.0. The van der Waals surface area contributed by atoms with Gasteiger partial charge in [0.25, 0.3) is 0 Å². The average molecular weight is 487 g/mol. The van der Waals surface area contributed by atoms with E-state index in [2.05, 4.69) is 46.3 Å². The van der Waals surface area contributed by atoms with E-state index in [9.17, 15) is 9.59 Å². The van der Waals surface area contributed by atoms with Crippen molar-refractivity contribution < 1.29 is 14.3 Å². The number of hydrogen-bond acceptors (Lipinski definition) is 7. The lowest BCUT2D eigenvalue weighted by Gasteiger charge is -2.34. The van der Waals surface area contributed by atoms with Crippen molar-refractivity contribution in [2.45, 2.75) is 57.0 Å². The van der Waals surface area contributed by atoms with Gasteiger partial charge in [0, 0.05) is 52.2 Å². The summed E-state index contributed by atoms with van der Waals surface area (Å²) in [7, 11) is 0. The second-order valence-electron chi connectivity index (χ2n) is 9.05. The molecule has 2 aliphatic heterocycles. The van der Waals surface area contributed by atoms with E-state index in [1.54, 1.807) is 0 Å².